The Hall–Kier alpha value is -1.03. The molecule has 17 heavy (non-hydrogen) atoms. The molecular weight excluding hydrogens is 212 g/mol. The molecule has 0 spiro atoms. The van der Waals surface area contributed by atoms with Gasteiger partial charge < -0.3 is 10.6 Å². The number of hydrogen-bond acceptors (Lipinski definition) is 3. The normalized spacial score (nSPS) is 15.6. The number of nitrogens with zero attached hydrogens (tertiary/aromatic N) is 3. The van der Waals surface area contributed by atoms with Crippen molar-refractivity contribution in [2.24, 2.45) is 0 Å². The summed E-state index contributed by atoms with van der Waals surface area (Å²) in [5.41, 5.74) is 5.59. The largest absolute Gasteiger partial charge is 0.382 e. The summed E-state index contributed by atoms with van der Waals surface area (Å²) in [6, 6.07) is 2.74. The Morgan fingerprint density at radius 3 is 2.76 bits per heavy atom. The van der Waals surface area contributed by atoms with Gasteiger partial charge in [-0.1, -0.05) is 13.3 Å². The molecule has 0 atom stereocenters. The van der Waals surface area contributed by atoms with E-state index in [2.05, 4.69) is 16.9 Å². The van der Waals surface area contributed by atoms with Crippen LogP contribution in [-0.2, 0) is 6.54 Å². The molecule has 2 N–H and O–H groups in total. The smallest absolute Gasteiger partial charge is 0.145 e. The van der Waals surface area contributed by atoms with Crippen molar-refractivity contribution in [3.63, 3.8) is 0 Å². The van der Waals surface area contributed by atoms with Crippen molar-refractivity contribution in [3.05, 3.63) is 12.3 Å². The highest BCUT2D eigenvalue weighted by Gasteiger charge is 2.27. The zero-order chi connectivity index (χ0) is 12.1. The zero-order valence-electron chi connectivity index (χ0n) is 10.8. The average molecular weight is 236 g/mol. The number of aromatic nitrogens is 2. The van der Waals surface area contributed by atoms with Crippen LogP contribution in [0, 0.1) is 0 Å². The van der Waals surface area contributed by atoms with Crippen LogP contribution in [0.25, 0.3) is 0 Å². The van der Waals surface area contributed by atoms with E-state index in [0.29, 0.717) is 5.82 Å². The Morgan fingerprint density at radius 1 is 1.41 bits per heavy atom. The number of aryl methyl sites for hydroxylation is 1. The highest BCUT2D eigenvalue weighted by atomic mass is 15.3. The predicted octanol–water partition coefficient (Wildman–Crippen LogP) is 2.12. The van der Waals surface area contributed by atoms with Crippen LogP contribution in [0.2, 0.25) is 0 Å². The minimum atomic E-state index is 0.620. The fourth-order valence-corrected chi connectivity index (χ4v) is 2.22. The number of unbranched alkanes of at least 4 members (excludes halogenated alkanes) is 1. The number of anilines is 1. The van der Waals surface area contributed by atoms with Gasteiger partial charge >= 0.3 is 0 Å². The quantitative estimate of drug-likeness (QED) is 0.752. The predicted molar refractivity (Wildman–Crippen MR) is 70.8 cm³/mol. The topological polar surface area (TPSA) is 47.1 Å². The molecule has 4 heteroatoms. The van der Waals surface area contributed by atoms with Gasteiger partial charge in [-0.05, 0) is 38.3 Å². The Morgan fingerprint density at radius 2 is 2.18 bits per heavy atom. The summed E-state index contributed by atoms with van der Waals surface area (Å²) in [7, 11) is 0. The fourth-order valence-electron chi connectivity index (χ4n) is 2.22. The summed E-state index contributed by atoms with van der Waals surface area (Å²) >= 11 is 0. The van der Waals surface area contributed by atoms with Gasteiger partial charge in [0, 0.05) is 25.3 Å². The standard InChI is InChI=1S/C13H24N4/c1-2-3-8-16(12-5-6-12)9-4-10-17-11-7-13(14)15-17/h7,11-12H,2-6,8-10H2,1H3,(H2,14,15). The van der Waals surface area contributed by atoms with Gasteiger partial charge in [0.15, 0.2) is 0 Å². The van der Waals surface area contributed by atoms with Gasteiger partial charge in [-0.3, -0.25) is 4.68 Å². The van der Waals surface area contributed by atoms with E-state index in [1.165, 1.54) is 45.2 Å². The summed E-state index contributed by atoms with van der Waals surface area (Å²) in [4.78, 5) is 2.65. The molecule has 1 aliphatic carbocycles. The van der Waals surface area contributed by atoms with Gasteiger partial charge in [-0.2, -0.15) is 5.10 Å². The minimum Gasteiger partial charge on any atom is -0.382 e. The van der Waals surface area contributed by atoms with Crippen molar-refractivity contribution in [3.8, 4) is 0 Å². The minimum absolute atomic E-state index is 0.620. The lowest BCUT2D eigenvalue weighted by Gasteiger charge is -2.21. The summed E-state index contributed by atoms with van der Waals surface area (Å²) in [6.45, 7) is 5.71. The third-order valence-corrected chi connectivity index (χ3v) is 3.36. The second-order valence-corrected chi connectivity index (χ2v) is 4.98. The van der Waals surface area contributed by atoms with Gasteiger partial charge in [0.05, 0.1) is 0 Å². The molecule has 1 heterocycles. The first-order valence-electron chi connectivity index (χ1n) is 6.82. The lowest BCUT2D eigenvalue weighted by Crippen LogP contribution is -2.29. The molecule has 0 amide bonds. The van der Waals surface area contributed by atoms with Crippen LogP contribution in [0.5, 0.6) is 0 Å². The van der Waals surface area contributed by atoms with Crippen molar-refractivity contribution in [2.45, 2.75) is 51.6 Å². The lowest BCUT2D eigenvalue weighted by atomic mass is 10.3. The van der Waals surface area contributed by atoms with Gasteiger partial charge in [0.25, 0.3) is 0 Å². The van der Waals surface area contributed by atoms with Crippen LogP contribution in [0.4, 0.5) is 5.82 Å². The Bertz CT molecular complexity index is 330. The number of nitrogens with two attached hydrogens (primary N) is 1. The fraction of sp³-hybridized carbons (Fsp3) is 0.769. The van der Waals surface area contributed by atoms with Crippen LogP contribution in [0.15, 0.2) is 12.3 Å². The molecule has 0 radical (unpaired) electrons. The Kier molecular flexibility index (Phi) is 4.42. The van der Waals surface area contributed by atoms with Gasteiger partial charge in [-0.15, -0.1) is 0 Å². The van der Waals surface area contributed by atoms with E-state index in [0.717, 1.165) is 12.6 Å². The van der Waals surface area contributed by atoms with Gasteiger partial charge in [0.2, 0.25) is 0 Å². The third kappa shape index (κ3) is 4.04. The number of rotatable bonds is 8. The van der Waals surface area contributed by atoms with E-state index in [-0.39, 0.29) is 0 Å². The van der Waals surface area contributed by atoms with Crippen LogP contribution < -0.4 is 5.73 Å². The molecule has 0 bridgehead atoms. The molecule has 96 valence electrons. The van der Waals surface area contributed by atoms with E-state index in [1.54, 1.807) is 0 Å². The van der Waals surface area contributed by atoms with E-state index in [9.17, 15) is 0 Å². The molecule has 1 aromatic heterocycles. The molecule has 2 rings (SSSR count). The highest BCUT2D eigenvalue weighted by Crippen LogP contribution is 2.27. The van der Waals surface area contributed by atoms with Gasteiger partial charge in [-0.25, -0.2) is 0 Å². The molecule has 0 saturated heterocycles. The number of nitrogen functional groups attached to an aromatic ring is 1. The van der Waals surface area contributed by atoms with Crippen molar-refractivity contribution in [1.82, 2.24) is 14.7 Å². The lowest BCUT2D eigenvalue weighted by molar-refractivity contribution is 0.250. The second-order valence-electron chi connectivity index (χ2n) is 4.98. The first-order chi connectivity index (χ1) is 8.29. The molecule has 0 unspecified atom stereocenters. The summed E-state index contributed by atoms with van der Waals surface area (Å²) in [6.07, 6.45) is 8.55. The Balaban J connectivity index is 1.68. The van der Waals surface area contributed by atoms with E-state index >= 15 is 0 Å². The maximum Gasteiger partial charge on any atom is 0.145 e. The molecule has 4 nitrogen and oxygen atoms in total. The summed E-state index contributed by atoms with van der Waals surface area (Å²) in [5.74, 6) is 0.620. The third-order valence-electron chi connectivity index (χ3n) is 3.36. The average Bonchev–Trinajstić information content (AvgIpc) is 3.08. The van der Waals surface area contributed by atoms with Crippen LogP contribution in [-0.4, -0.2) is 33.8 Å². The zero-order valence-corrected chi connectivity index (χ0v) is 10.8. The van der Waals surface area contributed by atoms with Crippen molar-refractivity contribution < 1.29 is 0 Å². The maximum atomic E-state index is 5.59. The second kappa shape index (κ2) is 6.05. The summed E-state index contributed by atoms with van der Waals surface area (Å²) < 4.78 is 1.94. The molecule has 0 aliphatic heterocycles. The first kappa shape index (κ1) is 12.4. The monoisotopic (exact) mass is 236 g/mol. The summed E-state index contributed by atoms with van der Waals surface area (Å²) in [5, 5.41) is 4.21. The molecular formula is C13H24N4. The molecule has 1 fully saturated rings. The van der Waals surface area contributed by atoms with E-state index in [1.807, 2.05) is 16.9 Å². The SMILES string of the molecule is CCCCN(CCCn1ccc(N)n1)C1CC1. The Labute approximate surface area is 104 Å². The van der Waals surface area contributed by atoms with Crippen LogP contribution >= 0.6 is 0 Å². The van der Waals surface area contributed by atoms with E-state index in [4.69, 9.17) is 5.73 Å². The van der Waals surface area contributed by atoms with E-state index < -0.39 is 0 Å². The first-order valence-corrected chi connectivity index (χ1v) is 6.82. The highest BCUT2D eigenvalue weighted by molar-refractivity contribution is 5.23. The van der Waals surface area contributed by atoms with Crippen molar-refractivity contribution in [2.75, 3.05) is 18.8 Å². The molecule has 0 aromatic carbocycles. The van der Waals surface area contributed by atoms with Crippen LogP contribution in [0.3, 0.4) is 0 Å². The molecule has 1 aliphatic rings. The molecule has 1 aromatic rings. The van der Waals surface area contributed by atoms with Crippen molar-refractivity contribution in [1.29, 1.82) is 0 Å². The maximum absolute atomic E-state index is 5.59. The van der Waals surface area contributed by atoms with Crippen molar-refractivity contribution >= 4 is 5.82 Å². The van der Waals surface area contributed by atoms with Gasteiger partial charge in [0.1, 0.15) is 5.82 Å². The van der Waals surface area contributed by atoms with Crippen LogP contribution in [0.1, 0.15) is 39.0 Å². The number of hydrogen-bond donors (Lipinski definition) is 1. The molecule has 1 saturated carbocycles.